The minimum absolute atomic E-state index is 0.149. The lowest BCUT2D eigenvalue weighted by molar-refractivity contribution is -0.113. The number of amides is 2. The van der Waals surface area contributed by atoms with Crippen molar-refractivity contribution < 1.29 is 18.7 Å². The van der Waals surface area contributed by atoms with E-state index in [-0.39, 0.29) is 12.5 Å². The first-order chi connectivity index (χ1) is 14.8. The number of carbonyl (C=O) groups excluding carboxylic acids is 2. The monoisotopic (exact) mass is 549 g/mol. The summed E-state index contributed by atoms with van der Waals surface area (Å²) in [5.41, 5.74) is 0.675. The Morgan fingerprint density at radius 2 is 1.94 bits per heavy atom. The van der Waals surface area contributed by atoms with Crippen LogP contribution < -0.4 is 4.90 Å². The predicted molar refractivity (Wildman–Crippen MR) is 127 cm³/mol. The fourth-order valence-corrected chi connectivity index (χ4v) is 3.94. The molecule has 0 bridgehead atoms. The third kappa shape index (κ3) is 5.52. The van der Waals surface area contributed by atoms with Crippen molar-refractivity contribution in [2.24, 2.45) is 0 Å². The van der Waals surface area contributed by atoms with Crippen LogP contribution in [0.3, 0.4) is 0 Å². The molecule has 2 unspecified atom stereocenters. The maximum atomic E-state index is 15.0. The van der Waals surface area contributed by atoms with Gasteiger partial charge in [0.1, 0.15) is 5.67 Å². The minimum atomic E-state index is -1.45. The number of rotatable bonds is 6. The lowest BCUT2D eigenvalue weighted by Crippen LogP contribution is -2.36. The maximum absolute atomic E-state index is 15.0. The van der Waals surface area contributed by atoms with E-state index in [4.69, 9.17) is 4.74 Å². The summed E-state index contributed by atoms with van der Waals surface area (Å²) in [6, 6.07) is 12.7. The number of hydrogen-bond donors (Lipinski definition) is 0. The van der Waals surface area contributed by atoms with E-state index in [2.05, 4.69) is 31.9 Å². The minimum Gasteiger partial charge on any atom is -0.449 e. The van der Waals surface area contributed by atoms with Crippen molar-refractivity contribution in [1.82, 2.24) is 0 Å². The van der Waals surface area contributed by atoms with Crippen molar-refractivity contribution >= 4 is 49.5 Å². The van der Waals surface area contributed by atoms with Crippen LogP contribution in [-0.4, -0.2) is 24.3 Å². The van der Waals surface area contributed by atoms with Gasteiger partial charge in [0.05, 0.1) is 12.3 Å². The van der Waals surface area contributed by atoms with Crippen molar-refractivity contribution in [2.45, 2.75) is 31.9 Å². The first kappa shape index (κ1) is 23.4. The molecule has 0 saturated heterocycles. The molecule has 1 saturated carbocycles. The van der Waals surface area contributed by atoms with Crippen LogP contribution in [0, 0.1) is 6.92 Å². The van der Waals surface area contributed by atoms with Crippen molar-refractivity contribution in [2.75, 3.05) is 11.5 Å². The Morgan fingerprint density at radius 1 is 1.19 bits per heavy atom. The van der Waals surface area contributed by atoms with Crippen LogP contribution in [0.4, 0.5) is 14.9 Å². The van der Waals surface area contributed by atoms with Crippen LogP contribution >= 0.6 is 31.9 Å². The highest BCUT2D eigenvalue weighted by molar-refractivity contribution is 9.13. The highest BCUT2D eigenvalue weighted by Crippen LogP contribution is 2.56. The zero-order valence-corrected chi connectivity index (χ0v) is 20.3. The lowest BCUT2D eigenvalue weighted by atomic mass is 10.1. The van der Waals surface area contributed by atoms with Crippen LogP contribution in [-0.2, 0) is 9.53 Å². The normalized spacial score (nSPS) is 20.2. The van der Waals surface area contributed by atoms with Gasteiger partial charge in [0.15, 0.2) is 0 Å². The van der Waals surface area contributed by atoms with Crippen molar-refractivity contribution in [3.05, 3.63) is 86.8 Å². The third-order valence-electron chi connectivity index (χ3n) is 5.03. The number of aryl methyl sites for hydroxylation is 1. The van der Waals surface area contributed by atoms with Gasteiger partial charge < -0.3 is 4.74 Å². The first-order valence-corrected chi connectivity index (χ1v) is 11.4. The molecule has 162 valence electrons. The van der Waals surface area contributed by atoms with Gasteiger partial charge in [-0.3, -0.25) is 4.79 Å². The van der Waals surface area contributed by atoms with Gasteiger partial charge in [-0.05, 0) is 87.5 Å². The van der Waals surface area contributed by atoms with Crippen molar-refractivity contribution in [1.29, 1.82) is 0 Å². The van der Waals surface area contributed by atoms with E-state index < -0.39 is 17.7 Å². The molecule has 2 amide bonds. The average molecular weight is 551 g/mol. The topological polar surface area (TPSA) is 46.6 Å². The Kier molecular flexibility index (Phi) is 7.49. The third-order valence-corrected chi connectivity index (χ3v) is 6.91. The second-order valence-electron chi connectivity index (χ2n) is 7.23. The van der Waals surface area contributed by atoms with Gasteiger partial charge >= 0.3 is 6.09 Å². The highest BCUT2D eigenvalue weighted by atomic mass is 79.9. The Bertz CT molecular complexity index is 1050. The highest BCUT2D eigenvalue weighted by Gasteiger charge is 2.54. The molecular weight excluding hydrogens is 529 g/mol. The van der Waals surface area contributed by atoms with Crippen LogP contribution in [0.25, 0.3) is 0 Å². The SMILES string of the molecule is CCOC(=O)N(C(=O)/C=C/C=C/C1(F)CC1c1ccc(Br)c(Br)c1)c1ccccc1C. The molecule has 1 aliphatic rings. The first-order valence-electron chi connectivity index (χ1n) is 9.83. The number of anilines is 1. The van der Waals surface area contributed by atoms with E-state index in [1.165, 1.54) is 24.3 Å². The smallest absolute Gasteiger partial charge is 0.421 e. The number of para-hydroxylation sites is 1. The standard InChI is InChI=1S/C24H22Br2FNO3/c1-3-31-23(30)28(21-9-5-4-8-16(21)2)22(29)10-6-7-13-24(27)15-18(24)17-11-12-19(25)20(26)14-17/h4-14,18H,3,15H2,1-2H3/b10-6+,13-7+. The molecule has 31 heavy (non-hydrogen) atoms. The second-order valence-corrected chi connectivity index (χ2v) is 8.94. The molecule has 0 spiro atoms. The Labute approximate surface area is 198 Å². The molecule has 2 atom stereocenters. The molecule has 1 fully saturated rings. The van der Waals surface area contributed by atoms with Gasteiger partial charge in [0.25, 0.3) is 5.91 Å². The largest absolute Gasteiger partial charge is 0.449 e. The number of halogens is 3. The number of alkyl halides is 1. The molecule has 3 rings (SSSR count). The van der Waals surface area contributed by atoms with Gasteiger partial charge in [-0.2, -0.15) is 0 Å². The zero-order chi connectivity index (χ0) is 22.6. The molecule has 1 aliphatic carbocycles. The van der Waals surface area contributed by atoms with E-state index in [0.29, 0.717) is 12.1 Å². The molecule has 0 aromatic heterocycles. The van der Waals surface area contributed by atoms with Crippen LogP contribution in [0.15, 0.2) is 75.7 Å². The van der Waals surface area contributed by atoms with Gasteiger partial charge in [-0.1, -0.05) is 36.4 Å². The number of carbonyl (C=O) groups is 2. The summed E-state index contributed by atoms with van der Waals surface area (Å²) >= 11 is 6.85. The molecule has 0 heterocycles. The molecule has 7 heteroatoms. The molecule has 2 aromatic rings. The predicted octanol–water partition coefficient (Wildman–Crippen LogP) is 7.02. The Hall–Kier alpha value is -2.25. The lowest BCUT2D eigenvalue weighted by Gasteiger charge is -2.20. The number of hydrogen-bond acceptors (Lipinski definition) is 3. The fraction of sp³-hybridized carbons (Fsp3) is 0.250. The summed E-state index contributed by atoms with van der Waals surface area (Å²) < 4.78 is 21.8. The number of imide groups is 1. The molecule has 2 aromatic carbocycles. The fourth-order valence-electron chi connectivity index (χ4n) is 3.30. The summed E-state index contributed by atoms with van der Waals surface area (Å²) in [5.74, 6) is -0.783. The quantitative estimate of drug-likeness (QED) is 0.287. The van der Waals surface area contributed by atoms with Crippen LogP contribution in [0.1, 0.15) is 30.4 Å². The number of ether oxygens (including phenoxy) is 1. The van der Waals surface area contributed by atoms with Gasteiger partial charge in [-0.15, -0.1) is 0 Å². The summed E-state index contributed by atoms with van der Waals surface area (Å²) in [6.45, 7) is 3.63. The molecule has 4 nitrogen and oxygen atoms in total. The molecular formula is C24H22Br2FNO3. The number of allylic oxidation sites excluding steroid dienone is 3. The van der Waals surface area contributed by atoms with E-state index in [1.54, 1.807) is 32.0 Å². The second kappa shape index (κ2) is 9.92. The Balaban J connectivity index is 1.70. The molecule has 0 radical (unpaired) electrons. The van der Waals surface area contributed by atoms with Crippen LogP contribution in [0.5, 0.6) is 0 Å². The van der Waals surface area contributed by atoms with Gasteiger partial charge in [0, 0.05) is 20.9 Å². The molecule has 0 aliphatic heterocycles. The van der Waals surface area contributed by atoms with Gasteiger partial charge in [0.2, 0.25) is 0 Å². The van der Waals surface area contributed by atoms with Crippen LogP contribution in [0.2, 0.25) is 0 Å². The summed E-state index contributed by atoms with van der Waals surface area (Å²) in [5, 5.41) is 0. The summed E-state index contributed by atoms with van der Waals surface area (Å²) in [6.07, 6.45) is 5.28. The number of nitrogens with zero attached hydrogens (tertiary/aromatic N) is 1. The summed E-state index contributed by atoms with van der Waals surface area (Å²) in [4.78, 5) is 26.0. The maximum Gasteiger partial charge on any atom is 0.421 e. The molecule has 0 N–H and O–H groups in total. The average Bonchev–Trinajstić information content (AvgIpc) is 3.41. The van der Waals surface area contributed by atoms with E-state index in [1.807, 2.05) is 24.3 Å². The number of benzene rings is 2. The van der Waals surface area contributed by atoms with Gasteiger partial charge in [-0.25, -0.2) is 14.1 Å². The van der Waals surface area contributed by atoms with Crippen molar-refractivity contribution in [3.8, 4) is 0 Å². The van der Waals surface area contributed by atoms with Crippen molar-refractivity contribution in [3.63, 3.8) is 0 Å². The summed E-state index contributed by atoms with van der Waals surface area (Å²) in [7, 11) is 0. The van der Waals surface area contributed by atoms with E-state index >= 15 is 0 Å². The Morgan fingerprint density at radius 3 is 2.61 bits per heavy atom. The zero-order valence-electron chi connectivity index (χ0n) is 17.1. The van der Waals surface area contributed by atoms with E-state index in [9.17, 15) is 14.0 Å². The van der Waals surface area contributed by atoms with E-state index in [0.717, 1.165) is 25.0 Å².